The number of benzene rings is 4. The van der Waals surface area contributed by atoms with Crippen LogP contribution < -0.4 is 21.2 Å². The van der Waals surface area contributed by atoms with Gasteiger partial charge in [-0.2, -0.15) is 11.8 Å². The van der Waals surface area contributed by atoms with E-state index in [9.17, 15) is 0 Å². The normalized spacial score (nSPS) is 17.8. The van der Waals surface area contributed by atoms with Crippen LogP contribution in [0.1, 0.15) is 12.8 Å². The van der Waals surface area contributed by atoms with Crippen molar-refractivity contribution in [2.24, 2.45) is 0 Å². The minimum absolute atomic E-state index is 0.515. The predicted molar refractivity (Wildman–Crippen MR) is 154 cm³/mol. The molecule has 1 saturated heterocycles. The molecule has 1 fully saturated rings. The van der Waals surface area contributed by atoms with Gasteiger partial charge < -0.3 is 9.05 Å². The van der Waals surface area contributed by atoms with Gasteiger partial charge in [-0.15, -0.1) is 0 Å². The summed E-state index contributed by atoms with van der Waals surface area (Å²) < 4.78 is 13.2. The summed E-state index contributed by atoms with van der Waals surface area (Å²) in [6.07, 6.45) is 2.36. The Balaban J connectivity index is 1.19. The molecule has 2 unspecified atom stereocenters. The smallest absolute Gasteiger partial charge is 0.0918 e. The van der Waals surface area contributed by atoms with E-state index in [0.717, 1.165) is 13.2 Å². The number of hydrogen-bond donors (Lipinski definition) is 0. The second-order valence-electron chi connectivity index (χ2n) is 8.48. The Morgan fingerprint density at radius 3 is 1.06 bits per heavy atom. The summed E-state index contributed by atoms with van der Waals surface area (Å²) in [5.74, 6) is 0. The lowest BCUT2D eigenvalue weighted by Crippen LogP contribution is -2.18. The van der Waals surface area contributed by atoms with E-state index < -0.39 is 16.3 Å². The molecule has 0 bridgehead atoms. The van der Waals surface area contributed by atoms with Crippen molar-refractivity contribution in [2.45, 2.75) is 23.3 Å². The maximum Gasteiger partial charge on any atom is 0.0918 e. The third-order valence-corrected chi connectivity index (χ3v) is 11.3. The fraction of sp³-hybridized carbons (Fsp3) is 0.200. The van der Waals surface area contributed by atoms with Gasteiger partial charge in [-0.05, 0) is 12.8 Å². The molecule has 0 saturated carbocycles. The zero-order valence-electron chi connectivity index (χ0n) is 19.6. The van der Waals surface area contributed by atoms with Crippen LogP contribution in [0.25, 0.3) is 0 Å². The maximum atomic E-state index is 6.62. The Hall–Kier alpha value is -1.99. The fourth-order valence-electron chi connectivity index (χ4n) is 4.19. The van der Waals surface area contributed by atoms with Crippen molar-refractivity contribution in [3.8, 4) is 0 Å². The highest BCUT2D eigenvalue weighted by Gasteiger charge is 2.28. The van der Waals surface area contributed by atoms with Gasteiger partial charge in [-0.25, -0.2) is 0 Å². The van der Waals surface area contributed by atoms with Gasteiger partial charge in [0.05, 0.1) is 29.5 Å². The van der Waals surface area contributed by atoms with Crippen molar-refractivity contribution >= 4 is 49.3 Å². The van der Waals surface area contributed by atoms with Gasteiger partial charge in [0.1, 0.15) is 0 Å². The van der Waals surface area contributed by atoms with Crippen LogP contribution in [0.2, 0.25) is 0 Å². The molecule has 1 aliphatic heterocycles. The van der Waals surface area contributed by atoms with Gasteiger partial charge in [0.2, 0.25) is 0 Å². The second-order valence-corrected chi connectivity index (χ2v) is 13.8. The largest absolute Gasteiger partial charge is 0.348 e. The molecule has 5 rings (SSSR count). The molecule has 0 radical (unpaired) electrons. The standard InChI is InChI=1S/C30H30O2P2S/c1-5-13-25(14-6-1)33(26-15-7-2-8-16-26)31-23-29-21-22-30(35-29)24-32-34(27-17-9-3-10-18-27)28-19-11-4-12-20-28/h1-20,29-30H,21-24H2. The van der Waals surface area contributed by atoms with E-state index in [0.29, 0.717) is 10.5 Å². The first-order valence-corrected chi connectivity index (χ1v) is 15.5. The van der Waals surface area contributed by atoms with Gasteiger partial charge in [0, 0.05) is 31.7 Å². The van der Waals surface area contributed by atoms with Gasteiger partial charge >= 0.3 is 0 Å². The van der Waals surface area contributed by atoms with E-state index >= 15 is 0 Å². The second kappa shape index (κ2) is 12.8. The van der Waals surface area contributed by atoms with E-state index in [4.69, 9.17) is 9.05 Å². The Morgan fingerprint density at radius 1 is 0.486 bits per heavy atom. The highest BCUT2D eigenvalue weighted by molar-refractivity contribution is 8.00. The van der Waals surface area contributed by atoms with E-state index in [1.165, 1.54) is 34.1 Å². The van der Waals surface area contributed by atoms with Crippen LogP contribution in [0.15, 0.2) is 121 Å². The molecule has 35 heavy (non-hydrogen) atoms. The SMILES string of the molecule is c1ccc(P(OCC2CCC(COP(c3ccccc3)c3ccccc3)S2)c2ccccc2)cc1. The number of rotatable bonds is 10. The third-order valence-electron chi connectivity index (χ3n) is 5.94. The zero-order valence-corrected chi connectivity index (χ0v) is 22.3. The van der Waals surface area contributed by atoms with Crippen LogP contribution in [-0.2, 0) is 9.05 Å². The number of hydrogen-bond acceptors (Lipinski definition) is 3. The molecule has 0 aromatic heterocycles. The summed E-state index contributed by atoms with van der Waals surface area (Å²) in [5, 5.41) is 6.11. The molecule has 5 heteroatoms. The molecule has 4 aromatic carbocycles. The van der Waals surface area contributed by atoms with E-state index in [-0.39, 0.29) is 0 Å². The third kappa shape index (κ3) is 6.82. The fourth-order valence-corrected chi connectivity index (χ4v) is 9.40. The molecule has 2 atom stereocenters. The average Bonchev–Trinajstić information content (AvgIpc) is 3.39. The molecular weight excluding hydrogens is 486 g/mol. The average molecular weight is 517 g/mol. The van der Waals surface area contributed by atoms with Crippen molar-refractivity contribution in [2.75, 3.05) is 13.2 Å². The van der Waals surface area contributed by atoms with E-state index in [1.807, 2.05) is 11.8 Å². The van der Waals surface area contributed by atoms with E-state index in [2.05, 4.69) is 121 Å². The first kappa shape index (κ1) is 24.7. The van der Waals surface area contributed by atoms with Crippen LogP contribution in [0.4, 0.5) is 0 Å². The van der Waals surface area contributed by atoms with Crippen molar-refractivity contribution in [1.29, 1.82) is 0 Å². The van der Waals surface area contributed by atoms with Crippen molar-refractivity contribution < 1.29 is 9.05 Å². The zero-order chi connectivity index (χ0) is 23.7. The molecule has 1 heterocycles. The molecule has 0 N–H and O–H groups in total. The van der Waals surface area contributed by atoms with Crippen molar-refractivity contribution in [3.63, 3.8) is 0 Å². The Labute approximate surface area is 215 Å². The van der Waals surface area contributed by atoms with E-state index in [1.54, 1.807) is 0 Å². The van der Waals surface area contributed by atoms with Gasteiger partial charge in [-0.1, -0.05) is 121 Å². The minimum Gasteiger partial charge on any atom is -0.348 e. The lowest BCUT2D eigenvalue weighted by molar-refractivity contribution is 0.346. The van der Waals surface area contributed by atoms with Crippen molar-refractivity contribution in [1.82, 2.24) is 0 Å². The van der Waals surface area contributed by atoms with Crippen LogP contribution in [0.3, 0.4) is 0 Å². The first-order chi connectivity index (χ1) is 17.4. The topological polar surface area (TPSA) is 18.5 Å². The molecule has 2 nitrogen and oxygen atoms in total. The minimum atomic E-state index is -0.801. The summed E-state index contributed by atoms with van der Waals surface area (Å²) in [6, 6.07) is 42.6. The molecular formula is C30H30O2P2S. The van der Waals surface area contributed by atoms with Crippen LogP contribution in [-0.4, -0.2) is 23.7 Å². The summed E-state index contributed by atoms with van der Waals surface area (Å²) in [6.45, 7) is 1.56. The summed E-state index contributed by atoms with van der Waals surface area (Å²) >= 11 is 2.05. The molecule has 4 aromatic rings. The lowest BCUT2D eigenvalue weighted by atomic mass is 10.2. The van der Waals surface area contributed by atoms with Gasteiger partial charge in [0.25, 0.3) is 0 Å². The highest BCUT2D eigenvalue weighted by atomic mass is 32.2. The summed E-state index contributed by atoms with van der Waals surface area (Å²) in [4.78, 5) is 0. The van der Waals surface area contributed by atoms with Crippen LogP contribution in [0.5, 0.6) is 0 Å². The Kier molecular flexibility index (Phi) is 9.04. The molecule has 1 aliphatic rings. The molecule has 0 aliphatic carbocycles. The van der Waals surface area contributed by atoms with Crippen molar-refractivity contribution in [3.05, 3.63) is 121 Å². The molecule has 0 spiro atoms. The van der Waals surface area contributed by atoms with Crippen LogP contribution >= 0.6 is 28.1 Å². The Morgan fingerprint density at radius 2 is 0.771 bits per heavy atom. The Bertz CT molecular complexity index is 974. The van der Waals surface area contributed by atoms with Crippen LogP contribution in [0, 0.1) is 0 Å². The predicted octanol–water partition coefficient (Wildman–Crippen LogP) is 6.38. The molecule has 178 valence electrons. The summed E-state index contributed by atoms with van der Waals surface area (Å²) in [5.41, 5.74) is 0. The number of thioether (sulfide) groups is 1. The molecule has 0 amide bonds. The van der Waals surface area contributed by atoms with Gasteiger partial charge in [0.15, 0.2) is 0 Å². The lowest BCUT2D eigenvalue weighted by Gasteiger charge is -2.22. The van der Waals surface area contributed by atoms with Gasteiger partial charge in [-0.3, -0.25) is 0 Å². The maximum absolute atomic E-state index is 6.62. The highest BCUT2D eigenvalue weighted by Crippen LogP contribution is 2.42. The first-order valence-electron chi connectivity index (χ1n) is 12.1. The quantitative estimate of drug-likeness (QED) is 0.228. The summed E-state index contributed by atoms with van der Waals surface area (Å²) in [7, 11) is -1.60. The monoisotopic (exact) mass is 516 g/mol.